The molecule has 0 radical (unpaired) electrons. The Morgan fingerprint density at radius 1 is 1.39 bits per heavy atom. The fourth-order valence-electron chi connectivity index (χ4n) is 1.64. The quantitative estimate of drug-likeness (QED) is 0.825. The lowest BCUT2D eigenvalue weighted by Crippen LogP contribution is -2.13. The number of thiocarbonyl (C=S) groups is 1. The third-order valence-corrected chi connectivity index (χ3v) is 4.05. The largest absolute Gasteiger partial charge is 0.389 e. The maximum atomic E-state index is 5.68. The summed E-state index contributed by atoms with van der Waals surface area (Å²) in [6, 6.07) is 6.14. The van der Waals surface area contributed by atoms with Crippen molar-refractivity contribution < 1.29 is 0 Å². The van der Waals surface area contributed by atoms with Crippen molar-refractivity contribution in [3.05, 3.63) is 45.9 Å². The molecule has 3 N–H and O–H groups in total. The van der Waals surface area contributed by atoms with E-state index in [1.807, 2.05) is 17.4 Å². The maximum Gasteiger partial charge on any atom is 0.106 e. The van der Waals surface area contributed by atoms with Crippen LogP contribution in [-0.4, -0.2) is 9.97 Å². The van der Waals surface area contributed by atoms with E-state index in [4.69, 9.17) is 18.0 Å². The van der Waals surface area contributed by atoms with Crippen LogP contribution < -0.4 is 11.1 Å². The van der Waals surface area contributed by atoms with Crippen molar-refractivity contribution in [3.8, 4) is 0 Å². The second-order valence-electron chi connectivity index (χ2n) is 3.86. The van der Waals surface area contributed by atoms with Crippen molar-refractivity contribution in [2.75, 3.05) is 5.32 Å². The van der Waals surface area contributed by atoms with E-state index in [9.17, 15) is 0 Å². The number of aryl methyl sites for hydroxylation is 1. The summed E-state index contributed by atoms with van der Waals surface area (Å²) in [5.41, 5.74) is 7.40. The van der Waals surface area contributed by atoms with E-state index in [1.165, 1.54) is 9.75 Å². The van der Waals surface area contributed by atoms with Gasteiger partial charge in [0.05, 0.1) is 11.9 Å². The molecular weight excluding hydrogens is 262 g/mol. The second-order valence-corrected chi connectivity index (χ2v) is 5.55. The summed E-state index contributed by atoms with van der Waals surface area (Å²) in [4.78, 5) is 7.17. The fourth-order valence-corrected chi connectivity index (χ4v) is 2.72. The average molecular weight is 277 g/mol. The monoisotopic (exact) mass is 277 g/mol. The van der Waals surface area contributed by atoms with Gasteiger partial charge >= 0.3 is 0 Å². The van der Waals surface area contributed by atoms with Crippen molar-refractivity contribution in [2.24, 2.45) is 5.73 Å². The highest BCUT2D eigenvalue weighted by atomic mass is 32.1. The molecule has 0 aromatic carbocycles. The minimum atomic E-state index is 0.389. The molecule has 0 aliphatic rings. The van der Waals surface area contributed by atoms with Crippen molar-refractivity contribution in [1.29, 1.82) is 0 Å². The first-order chi connectivity index (χ1) is 8.70. The molecule has 5 heteroatoms. The van der Waals surface area contributed by atoms with Crippen molar-refractivity contribution in [3.63, 3.8) is 0 Å². The summed E-state index contributed by atoms with van der Waals surface area (Å²) >= 11 is 6.84. The lowest BCUT2D eigenvalue weighted by atomic mass is 10.2. The number of nitrogens with two attached hydrogens (primary N) is 1. The van der Waals surface area contributed by atoms with E-state index in [0.29, 0.717) is 4.99 Å². The number of rotatable bonds is 5. The number of pyridine rings is 1. The van der Waals surface area contributed by atoms with Gasteiger partial charge in [0.1, 0.15) is 4.99 Å². The molecule has 3 nitrogen and oxygen atoms in total. The molecule has 2 heterocycles. The van der Waals surface area contributed by atoms with Gasteiger partial charge in [0.15, 0.2) is 0 Å². The molecule has 2 rings (SSSR count). The third kappa shape index (κ3) is 3.05. The normalized spacial score (nSPS) is 10.3. The molecule has 0 saturated carbocycles. The van der Waals surface area contributed by atoms with Crippen LogP contribution in [-0.2, 0) is 13.0 Å². The van der Waals surface area contributed by atoms with E-state index in [2.05, 4.69) is 29.4 Å². The highest BCUT2D eigenvalue weighted by Crippen LogP contribution is 2.19. The van der Waals surface area contributed by atoms with Gasteiger partial charge in [-0.15, -0.1) is 11.3 Å². The van der Waals surface area contributed by atoms with Gasteiger partial charge in [-0.2, -0.15) is 0 Å². The molecule has 94 valence electrons. The molecule has 2 aromatic rings. The van der Waals surface area contributed by atoms with Crippen molar-refractivity contribution in [2.45, 2.75) is 19.9 Å². The van der Waals surface area contributed by atoms with Crippen LogP contribution in [0.1, 0.15) is 22.2 Å². The summed E-state index contributed by atoms with van der Waals surface area (Å²) in [5.74, 6) is 0. The predicted molar refractivity (Wildman–Crippen MR) is 81.1 cm³/mol. The first-order valence-corrected chi connectivity index (χ1v) is 6.98. The zero-order valence-electron chi connectivity index (χ0n) is 10.1. The summed E-state index contributed by atoms with van der Waals surface area (Å²) in [7, 11) is 0. The molecule has 2 aromatic heterocycles. The van der Waals surface area contributed by atoms with Gasteiger partial charge in [0, 0.05) is 28.1 Å². The number of nitrogens with one attached hydrogen (secondary N) is 1. The summed E-state index contributed by atoms with van der Waals surface area (Å²) in [6.45, 7) is 2.93. The number of hydrogen-bond acceptors (Lipinski definition) is 4. The van der Waals surface area contributed by atoms with Crippen LogP contribution >= 0.6 is 23.6 Å². The standard InChI is InChI=1S/C13H15N3S2/c1-2-9-3-4-10(18-9)7-16-12-8-15-6-5-11(12)13(14)17/h3-6,8,16H,2,7H2,1H3,(H2,14,17). The molecule has 0 atom stereocenters. The van der Waals surface area contributed by atoms with Gasteiger partial charge in [-0.05, 0) is 24.6 Å². The van der Waals surface area contributed by atoms with Gasteiger partial charge in [-0.25, -0.2) is 0 Å². The number of hydrogen-bond donors (Lipinski definition) is 2. The lowest BCUT2D eigenvalue weighted by Gasteiger charge is -2.09. The lowest BCUT2D eigenvalue weighted by molar-refractivity contribution is 1.17. The van der Waals surface area contributed by atoms with Crippen LogP contribution in [0, 0.1) is 0 Å². The summed E-state index contributed by atoms with van der Waals surface area (Å²) < 4.78 is 0. The first-order valence-electron chi connectivity index (χ1n) is 5.76. The Bertz CT molecular complexity index is 549. The van der Waals surface area contributed by atoms with Crippen LogP contribution in [0.15, 0.2) is 30.6 Å². The van der Waals surface area contributed by atoms with Crippen LogP contribution in [0.25, 0.3) is 0 Å². The molecule has 0 aliphatic carbocycles. The number of aromatic nitrogens is 1. The van der Waals surface area contributed by atoms with E-state index in [0.717, 1.165) is 24.2 Å². The molecule has 0 spiro atoms. The molecule has 0 aliphatic heterocycles. The molecular formula is C13H15N3S2. The maximum absolute atomic E-state index is 5.68. The Morgan fingerprint density at radius 3 is 2.83 bits per heavy atom. The smallest absolute Gasteiger partial charge is 0.106 e. The minimum Gasteiger partial charge on any atom is -0.389 e. The summed E-state index contributed by atoms with van der Waals surface area (Å²) in [6.07, 6.45) is 4.53. The van der Waals surface area contributed by atoms with E-state index < -0.39 is 0 Å². The predicted octanol–water partition coefficient (Wildman–Crippen LogP) is 2.95. The molecule has 0 unspecified atom stereocenters. The topological polar surface area (TPSA) is 50.9 Å². The van der Waals surface area contributed by atoms with Gasteiger partial charge < -0.3 is 11.1 Å². The zero-order valence-corrected chi connectivity index (χ0v) is 11.8. The Morgan fingerprint density at radius 2 is 2.17 bits per heavy atom. The van der Waals surface area contributed by atoms with Gasteiger partial charge in [0.25, 0.3) is 0 Å². The Labute approximate surface area is 116 Å². The van der Waals surface area contributed by atoms with Crippen LogP contribution in [0.2, 0.25) is 0 Å². The molecule has 0 saturated heterocycles. The third-order valence-electron chi connectivity index (χ3n) is 2.61. The van der Waals surface area contributed by atoms with Crippen LogP contribution in [0.4, 0.5) is 5.69 Å². The van der Waals surface area contributed by atoms with Crippen LogP contribution in [0.5, 0.6) is 0 Å². The highest BCUT2D eigenvalue weighted by Gasteiger charge is 2.05. The van der Waals surface area contributed by atoms with E-state index >= 15 is 0 Å². The van der Waals surface area contributed by atoms with Gasteiger partial charge in [-0.3, -0.25) is 4.98 Å². The number of thiophene rings is 1. The SMILES string of the molecule is CCc1ccc(CNc2cnccc2C(N)=S)s1. The molecule has 18 heavy (non-hydrogen) atoms. The van der Waals surface area contributed by atoms with E-state index in [1.54, 1.807) is 12.4 Å². The average Bonchev–Trinajstić information content (AvgIpc) is 2.84. The van der Waals surface area contributed by atoms with Gasteiger partial charge in [0.2, 0.25) is 0 Å². The van der Waals surface area contributed by atoms with Crippen molar-refractivity contribution in [1.82, 2.24) is 4.98 Å². The molecule has 0 bridgehead atoms. The van der Waals surface area contributed by atoms with Gasteiger partial charge in [-0.1, -0.05) is 19.1 Å². The number of anilines is 1. The van der Waals surface area contributed by atoms with Crippen molar-refractivity contribution >= 4 is 34.2 Å². The Hall–Kier alpha value is -1.46. The summed E-state index contributed by atoms with van der Waals surface area (Å²) in [5, 5.41) is 3.33. The second kappa shape index (κ2) is 5.93. The molecule has 0 amide bonds. The Kier molecular flexibility index (Phi) is 4.28. The highest BCUT2D eigenvalue weighted by molar-refractivity contribution is 7.80. The Balaban J connectivity index is 2.08. The van der Waals surface area contributed by atoms with E-state index in [-0.39, 0.29) is 0 Å². The zero-order chi connectivity index (χ0) is 13.0. The van der Waals surface area contributed by atoms with Crippen LogP contribution in [0.3, 0.4) is 0 Å². The fraction of sp³-hybridized carbons (Fsp3) is 0.231. The minimum absolute atomic E-state index is 0.389. The number of nitrogens with zero attached hydrogens (tertiary/aromatic N) is 1. The first kappa shape index (κ1) is 13.0. The molecule has 0 fully saturated rings.